The molecule has 0 spiro atoms. The van der Waals surface area contributed by atoms with Crippen LogP contribution in [0.5, 0.6) is 0 Å². The summed E-state index contributed by atoms with van der Waals surface area (Å²) in [7, 11) is -4.47. The Morgan fingerprint density at radius 3 is 2.41 bits per heavy atom. The Labute approximate surface area is 227 Å². The van der Waals surface area contributed by atoms with Gasteiger partial charge in [-0.05, 0) is 65.1 Å². The van der Waals surface area contributed by atoms with Gasteiger partial charge in [0.05, 0.1) is 27.4 Å². The van der Waals surface area contributed by atoms with Crippen LogP contribution in [0.15, 0.2) is 88.9 Å². The minimum absolute atomic E-state index is 0.220. The standard InChI is InChI=1S/C28H21ClF3N3O3S/c29-24-14-13-21(28(30,31)32)15-25(24)35(39(37,38)22-6-2-1-3-7-22)17-26(36)34-33-16-20-12-11-19-10-9-18-5-4-8-23(20)27(18)19/h1-8,11-16H,9-10,17H2,(H,34,36)/b33-16+. The van der Waals surface area contributed by atoms with Crippen molar-refractivity contribution in [2.24, 2.45) is 5.10 Å². The first-order valence-electron chi connectivity index (χ1n) is 11.9. The highest BCUT2D eigenvalue weighted by Gasteiger charge is 2.34. The number of rotatable bonds is 7. The van der Waals surface area contributed by atoms with Crippen LogP contribution in [0, 0.1) is 0 Å². The van der Waals surface area contributed by atoms with Crippen LogP contribution in [-0.2, 0) is 33.8 Å². The smallest absolute Gasteiger partial charge is 0.271 e. The quantitative estimate of drug-likeness (QED) is 0.220. The Morgan fingerprint density at radius 1 is 0.974 bits per heavy atom. The van der Waals surface area contributed by atoms with Crippen molar-refractivity contribution in [3.8, 4) is 0 Å². The van der Waals surface area contributed by atoms with Gasteiger partial charge in [-0.2, -0.15) is 18.3 Å². The molecule has 0 bridgehead atoms. The van der Waals surface area contributed by atoms with Gasteiger partial charge in [0.15, 0.2) is 0 Å². The second-order valence-corrected chi connectivity index (χ2v) is 11.2. The molecule has 1 aliphatic rings. The Hall–Kier alpha value is -3.89. The van der Waals surface area contributed by atoms with Crippen molar-refractivity contribution in [1.82, 2.24) is 5.43 Å². The van der Waals surface area contributed by atoms with E-state index in [4.69, 9.17) is 11.6 Å². The summed E-state index contributed by atoms with van der Waals surface area (Å²) in [5.74, 6) is -0.870. The van der Waals surface area contributed by atoms with Crippen LogP contribution in [0.4, 0.5) is 18.9 Å². The molecule has 5 rings (SSSR count). The van der Waals surface area contributed by atoms with Crippen molar-refractivity contribution in [1.29, 1.82) is 0 Å². The van der Waals surface area contributed by atoms with Gasteiger partial charge in [-0.15, -0.1) is 0 Å². The molecule has 0 radical (unpaired) electrons. The molecule has 1 aliphatic carbocycles. The van der Waals surface area contributed by atoms with Gasteiger partial charge in [-0.3, -0.25) is 9.10 Å². The van der Waals surface area contributed by atoms with Gasteiger partial charge in [-0.1, -0.05) is 60.1 Å². The maximum absolute atomic E-state index is 13.5. The predicted molar refractivity (Wildman–Crippen MR) is 145 cm³/mol. The third kappa shape index (κ3) is 5.35. The van der Waals surface area contributed by atoms with E-state index in [0.717, 1.165) is 41.3 Å². The molecular formula is C28H21ClF3N3O3S. The fourth-order valence-corrected chi connectivity index (χ4v) is 6.34. The lowest BCUT2D eigenvalue weighted by atomic mass is 10.0. The zero-order valence-electron chi connectivity index (χ0n) is 20.2. The highest BCUT2D eigenvalue weighted by Crippen LogP contribution is 2.37. The second kappa shape index (κ2) is 10.3. The van der Waals surface area contributed by atoms with E-state index in [0.29, 0.717) is 10.4 Å². The van der Waals surface area contributed by atoms with Crippen LogP contribution in [0.3, 0.4) is 0 Å². The molecule has 1 amide bonds. The van der Waals surface area contributed by atoms with Crippen molar-refractivity contribution in [3.63, 3.8) is 0 Å². The summed E-state index contributed by atoms with van der Waals surface area (Å²) in [6.07, 6.45) is -1.40. The molecule has 0 saturated heterocycles. The van der Waals surface area contributed by atoms with E-state index in [1.165, 1.54) is 41.6 Å². The summed E-state index contributed by atoms with van der Waals surface area (Å²) in [5, 5.41) is 5.86. The van der Waals surface area contributed by atoms with E-state index in [9.17, 15) is 26.4 Å². The number of benzene rings is 4. The SMILES string of the molecule is O=C(CN(c1cc(C(F)(F)F)ccc1Cl)S(=O)(=O)c1ccccc1)N/N=C/c1ccc2c3c(cccc13)CC2. The van der Waals surface area contributed by atoms with Crippen LogP contribution in [0.2, 0.25) is 5.02 Å². The Balaban J connectivity index is 1.45. The van der Waals surface area contributed by atoms with Crippen molar-refractivity contribution < 1.29 is 26.4 Å². The van der Waals surface area contributed by atoms with Gasteiger partial charge < -0.3 is 0 Å². The fraction of sp³-hybridized carbons (Fsp3) is 0.143. The number of carbonyl (C=O) groups excluding carboxylic acids is 1. The molecule has 4 aromatic carbocycles. The van der Waals surface area contributed by atoms with Gasteiger partial charge in [-0.25, -0.2) is 13.8 Å². The zero-order valence-corrected chi connectivity index (χ0v) is 21.8. The summed E-state index contributed by atoms with van der Waals surface area (Å²) in [5.41, 5.74) is 3.93. The number of aryl methyl sites for hydroxylation is 2. The van der Waals surface area contributed by atoms with Gasteiger partial charge in [0, 0.05) is 5.56 Å². The van der Waals surface area contributed by atoms with Crippen LogP contribution in [0.1, 0.15) is 22.3 Å². The first-order chi connectivity index (χ1) is 18.6. The number of nitrogens with one attached hydrogen (secondary N) is 1. The molecule has 11 heteroatoms. The molecule has 6 nitrogen and oxygen atoms in total. The molecule has 0 aromatic heterocycles. The van der Waals surface area contributed by atoms with Gasteiger partial charge in [0.2, 0.25) is 0 Å². The first-order valence-corrected chi connectivity index (χ1v) is 13.7. The number of hydrogen-bond acceptors (Lipinski definition) is 4. The lowest BCUT2D eigenvalue weighted by Crippen LogP contribution is -2.40. The highest BCUT2D eigenvalue weighted by molar-refractivity contribution is 7.92. The Bertz CT molecular complexity index is 1700. The van der Waals surface area contributed by atoms with E-state index in [-0.39, 0.29) is 9.92 Å². The third-order valence-electron chi connectivity index (χ3n) is 6.46. The molecule has 1 N–H and O–H groups in total. The monoisotopic (exact) mass is 571 g/mol. The molecule has 0 saturated carbocycles. The van der Waals surface area contributed by atoms with Crippen molar-refractivity contribution in [3.05, 3.63) is 106 Å². The van der Waals surface area contributed by atoms with E-state index in [2.05, 4.69) is 16.6 Å². The summed E-state index contributed by atoms with van der Waals surface area (Å²) in [4.78, 5) is 12.7. The van der Waals surface area contributed by atoms with Gasteiger partial charge in [0.1, 0.15) is 6.54 Å². The van der Waals surface area contributed by atoms with Crippen LogP contribution in [-0.4, -0.2) is 27.1 Å². The van der Waals surface area contributed by atoms with Crippen LogP contribution >= 0.6 is 11.6 Å². The maximum Gasteiger partial charge on any atom is 0.416 e. The fourth-order valence-electron chi connectivity index (χ4n) is 4.62. The minimum atomic E-state index is -4.76. The molecular weight excluding hydrogens is 551 g/mol. The number of alkyl halides is 3. The Morgan fingerprint density at radius 2 is 1.69 bits per heavy atom. The van der Waals surface area contributed by atoms with Crippen molar-refractivity contribution in [2.75, 3.05) is 10.8 Å². The molecule has 0 aliphatic heterocycles. The molecule has 0 unspecified atom stereocenters. The van der Waals surface area contributed by atoms with Gasteiger partial charge >= 0.3 is 6.18 Å². The first kappa shape index (κ1) is 26.7. The maximum atomic E-state index is 13.5. The van der Waals surface area contributed by atoms with Crippen LogP contribution in [0.25, 0.3) is 10.8 Å². The number of halogens is 4. The number of sulfonamides is 1. The molecule has 200 valence electrons. The number of anilines is 1. The topological polar surface area (TPSA) is 78.8 Å². The average Bonchev–Trinajstić information content (AvgIpc) is 3.33. The summed E-state index contributed by atoms with van der Waals surface area (Å²) < 4.78 is 67.8. The summed E-state index contributed by atoms with van der Waals surface area (Å²) in [6.45, 7) is -0.862. The molecule has 4 aromatic rings. The highest BCUT2D eigenvalue weighted by atomic mass is 35.5. The number of carbonyl (C=O) groups is 1. The van der Waals surface area contributed by atoms with Crippen LogP contribution < -0.4 is 9.73 Å². The summed E-state index contributed by atoms with van der Waals surface area (Å²) in [6, 6.07) is 19.2. The van der Waals surface area contributed by atoms with E-state index in [1.807, 2.05) is 24.3 Å². The van der Waals surface area contributed by atoms with Crippen molar-refractivity contribution >= 4 is 50.2 Å². The minimum Gasteiger partial charge on any atom is -0.271 e. The zero-order chi connectivity index (χ0) is 27.8. The lowest BCUT2D eigenvalue weighted by molar-refractivity contribution is -0.137. The van der Waals surface area contributed by atoms with E-state index >= 15 is 0 Å². The third-order valence-corrected chi connectivity index (χ3v) is 8.56. The van der Waals surface area contributed by atoms with Gasteiger partial charge in [0.25, 0.3) is 15.9 Å². The normalized spacial score (nSPS) is 13.2. The summed E-state index contributed by atoms with van der Waals surface area (Å²) >= 11 is 6.15. The molecule has 0 atom stereocenters. The largest absolute Gasteiger partial charge is 0.416 e. The molecule has 0 fully saturated rings. The molecule has 0 heterocycles. The lowest BCUT2D eigenvalue weighted by Gasteiger charge is -2.25. The molecule has 39 heavy (non-hydrogen) atoms. The van der Waals surface area contributed by atoms with E-state index in [1.54, 1.807) is 6.07 Å². The second-order valence-electron chi connectivity index (χ2n) is 8.94. The average molecular weight is 572 g/mol. The number of amides is 1. The number of hydrogen-bond donors (Lipinski definition) is 1. The predicted octanol–water partition coefficient (Wildman–Crippen LogP) is 5.96. The number of nitrogens with zero attached hydrogens (tertiary/aromatic N) is 2. The van der Waals surface area contributed by atoms with E-state index < -0.39 is 39.9 Å². The Kier molecular flexibility index (Phi) is 7.09. The van der Waals surface area contributed by atoms with Crippen molar-refractivity contribution in [2.45, 2.75) is 23.9 Å². The number of hydrazone groups is 1.